The number of ether oxygens (including phenoxy) is 1. The highest BCUT2D eigenvalue weighted by molar-refractivity contribution is 6.37. The van der Waals surface area contributed by atoms with Crippen molar-refractivity contribution in [2.24, 2.45) is 0 Å². The van der Waals surface area contributed by atoms with E-state index in [0.717, 1.165) is 12.8 Å². The molecule has 0 unspecified atom stereocenters. The van der Waals surface area contributed by atoms with Gasteiger partial charge in [0.25, 0.3) is 0 Å². The molecule has 14 heavy (non-hydrogen) atoms. The molecule has 0 saturated heterocycles. The first-order valence-electron chi connectivity index (χ1n) is 4.25. The summed E-state index contributed by atoms with van der Waals surface area (Å²) >= 11 is 11.7. The van der Waals surface area contributed by atoms with Crippen molar-refractivity contribution in [3.8, 4) is 11.5 Å². The lowest BCUT2D eigenvalue weighted by atomic mass is 10.3. The lowest BCUT2D eigenvalue weighted by molar-refractivity contribution is 0.311. The number of aromatic hydroxyl groups is 1. The first-order chi connectivity index (χ1) is 6.65. The molecule has 0 spiro atoms. The highest BCUT2D eigenvalue weighted by atomic mass is 35.5. The zero-order valence-corrected chi connectivity index (χ0v) is 9.11. The van der Waals surface area contributed by atoms with E-state index in [0.29, 0.717) is 22.4 Å². The van der Waals surface area contributed by atoms with E-state index in [2.05, 4.69) is 6.92 Å². The second kappa shape index (κ2) is 5.32. The molecule has 1 radical (unpaired) electrons. The predicted octanol–water partition coefficient (Wildman–Crippen LogP) is 3.69. The average molecular weight is 234 g/mol. The highest BCUT2D eigenvalue weighted by Gasteiger charge is 2.08. The maximum absolute atomic E-state index is 9.16. The van der Waals surface area contributed by atoms with Gasteiger partial charge in [0.05, 0.1) is 16.7 Å². The molecule has 1 N–H and O–H groups in total. The minimum absolute atomic E-state index is 0.0320. The Morgan fingerprint density at radius 1 is 1.29 bits per heavy atom. The zero-order chi connectivity index (χ0) is 10.6. The van der Waals surface area contributed by atoms with Crippen molar-refractivity contribution < 1.29 is 9.84 Å². The van der Waals surface area contributed by atoms with E-state index in [1.54, 1.807) is 0 Å². The van der Waals surface area contributed by atoms with E-state index in [1.165, 1.54) is 12.1 Å². The third-order valence-corrected chi connectivity index (χ3v) is 2.19. The van der Waals surface area contributed by atoms with Crippen molar-refractivity contribution in [2.75, 3.05) is 6.61 Å². The fourth-order valence-corrected chi connectivity index (χ4v) is 1.55. The van der Waals surface area contributed by atoms with Crippen LogP contribution >= 0.6 is 23.2 Å². The van der Waals surface area contributed by atoms with Gasteiger partial charge < -0.3 is 9.84 Å². The summed E-state index contributed by atoms with van der Waals surface area (Å²) in [5.74, 6) is 0.448. The number of unbranched alkanes of at least 4 members (excludes halogenated alkanes) is 1. The lowest BCUT2D eigenvalue weighted by Gasteiger charge is -2.09. The quantitative estimate of drug-likeness (QED) is 0.805. The molecule has 1 aromatic carbocycles. The monoisotopic (exact) mass is 233 g/mol. The molecule has 4 heteroatoms. The highest BCUT2D eigenvalue weighted by Crippen LogP contribution is 2.36. The fraction of sp³-hybridized carbons (Fsp3) is 0.300. The number of hydrogen-bond donors (Lipinski definition) is 1. The molecule has 0 atom stereocenters. The summed E-state index contributed by atoms with van der Waals surface area (Å²) in [4.78, 5) is 0. The van der Waals surface area contributed by atoms with Crippen LogP contribution in [0.5, 0.6) is 11.5 Å². The maximum atomic E-state index is 9.16. The summed E-state index contributed by atoms with van der Waals surface area (Å²) < 4.78 is 5.35. The van der Waals surface area contributed by atoms with Gasteiger partial charge in [0.15, 0.2) is 5.75 Å². The summed E-state index contributed by atoms with van der Waals surface area (Å²) in [7, 11) is 0. The molecule has 0 aromatic heterocycles. The van der Waals surface area contributed by atoms with Crippen molar-refractivity contribution in [1.29, 1.82) is 0 Å². The molecule has 0 aliphatic heterocycles. The van der Waals surface area contributed by atoms with Crippen LogP contribution in [-0.2, 0) is 0 Å². The molecule has 77 valence electrons. The van der Waals surface area contributed by atoms with Crippen LogP contribution in [0.3, 0.4) is 0 Å². The van der Waals surface area contributed by atoms with Crippen LogP contribution < -0.4 is 4.74 Å². The Kier molecular flexibility index (Phi) is 4.36. The van der Waals surface area contributed by atoms with E-state index < -0.39 is 0 Å². The summed E-state index contributed by atoms with van der Waals surface area (Å²) in [6, 6.07) is 2.79. The van der Waals surface area contributed by atoms with Crippen LogP contribution in [0.4, 0.5) is 0 Å². The Bertz CT molecular complexity index is 290. The van der Waals surface area contributed by atoms with Gasteiger partial charge in [-0.25, -0.2) is 0 Å². The SMILES string of the molecule is [CH2]CCCOc1c(Cl)cc(O)cc1Cl. The van der Waals surface area contributed by atoms with E-state index in [4.69, 9.17) is 33.0 Å². The van der Waals surface area contributed by atoms with Gasteiger partial charge in [0, 0.05) is 12.1 Å². The predicted molar refractivity (Wildman–Crippen MR) is 58.2 cm³/mol. The van der Waals surface area contributed by atoms with Gasteiger partial charge in [-0.1, -0.05) is 36.5 Å². The van der Waals surface area contributed by atoms with Crippen molar-refractivity contribution in [1.82, 2.24) is 0 Å². The number of halogens is 2. The second-order valence-corrected chi connectivity index (χ2v) is 3.61. The van der Waals surface area contributed by atoms with Gasteiger partial charge >= 0.3 is 0 Å². The molecule has 0 aliphatic rings. The summed E-state index contributed by atoms with van der Waals surface area (Å²) in [6.07, 6.45) is 1.64. The number of phenolic OH excluding ortho intramolecular Hbond substituents is 1. The third-order valence-electron chi connectivity index (χ3n) is 1.62. The molecule has 0 saturated carbocycles. The molecular weight excluding hydrogens is 223 g/mol. The van der Waals surface area contributed by atoms with E-state index >= 15 is 0 Å². The Morgan fingerprint density at radius 3 is 2.36 bits per heavy atom. The summed E-state index contributed by atoms with van der Waals surface area (Å²) in [6.45, 7) is 4.21. The molecule has 1 rings (SSSR count). The number of benzene rings is 1. The van der Waals surface area contributed by atoms with Crippen LogP contribution in [0.2, 0.25) is 10.0 Å². The molecule has 0 heterocycles. The van der Waals surface area contributed by atoms with E-state index in [1.807, 2.05) is 0 Å². The van der Waals surface area contributed by atoms with Gasteiger partial charge in [0.2, 0.25) is 0 Å². The zero-order valence-electron chi connectivity index (χ0n) is 7.59. The molecular formula is C10H11Cl2O2. The van der Waals surface area contributed by atoms with Crippen molar-refractivity contribution >= 4 is 23.2 Å². The lowest BCUT2D eigenvalue weighted by Crippen LogP contribution is -1.97. The minimum Gasteiger partial charge on any atom is -0.508 e. The average Bonchev–Trinajstić information content (AvgIpc) is 2.09. The molecule has 1 aromatic rings. The molecule has 0 aliphatic carbocycles. The Labute approximate surface area is 93.4 Å². The topological polar surface area (TPSA) is 29.5 Å². The van der Waals surface area contributed by atoms with E-state index in [9.17, 15) is 0 Å². The van der Waals surface area contributed by atoms with Crippen LogP contribution in [0.25, 0.3) is 0 Å². The maximum Gasteiger partial charge on any atom is 0.156 e. The van der Waals surface area contributed by atoms with Gasteiger partial charge in [-0.3, -0.25) is 0 Å². The van der Waals surface area contributed by atoms with Crippen LogP contribution in [-0.4, -0.2) is 11.7 Å². The molecule has 0 amide bonds. The smallest absolute Gasteiger partial charge is 0.156 e. The van der Waals surface area contributed by atoms with Gasteiger partial charge in [-0.15, -0.1) is 0 Å². The van der Waals surface area contributed by atoms with Gasteiger partial charge in [-0.05, 0) is 6.42 Å². The Morgan fingerprint density at radius 2 is 1.86 bits per heavy atom. The normalized spacial score (nSPS) is 10.2. The van der Waals surface area contributed by atoms with Crippen LogP contribution in [0.15, 0.2) is 12.1 Å². The largest absolute Gasteiger partial charge is 0.508 e. The summed E-state index contributed by atoms with van der Waals surface area (Å²) in [5.41, 5.74) is 0. The van der Waals surface area contributed by atoms with Crippen molar-refractivity contribution in [3.63, 3.8) is 0 Å². The molecule has 0 bridgehead atoms. The number of phenols is 1. The van der Waals surface area contributed by atoms with Crippen LogP contribution in [0.1, 0.15) is 12.8 Å². The van der Waals surface area contributed by atoms with Crippen molar-refractivity contribution in [3.05, 3.63) is 29.1 Å². The number of rotatable bonds is 4. The standard InChI is InChI=1S/C10H11Cl2O2/c1-2-3-4-14-10-8(11)5-7(13)6-9(10)12/h5-6,13H,1-4H2. The van der Waals surface area contributed by atoms with E-state index in [-0.39, 0.29) is 5.75 Å². The second-order valence-electron chi connectivity index (χ2n) is 2.79. The van der Waals surface area contributed by atoms with Gasteiger partial charge in [0.1, 0.15) is 5.75 Å². The fourth-order valence-electron chi connectivity index (χ4n) is 0.961. The molecule has 0 fully saturated rings. The minimum atomic E-state index is 0.0320. The molecule has 2 nitrogen and oxygen atoms in total. The summed E-state index contributed by atoms with van der Waals surface area (Å²) in [5, 5.41) is 9.79. The third kappa shape index (κ3) is 2.96. The van der Waals surface area contributed by atoms with Gasteiger partial charge in [-0.2, -0.15) is 0 Å². The number of hydrogen-bond acceptors (Lipinski definition) is 2. The Balaban J connectivity index is 2.75. The van der Waals surface area contributed by atoms with Crippen LogP contribution in [0, 0.1) is 6.92 Å². The first-order valence-corrected chi connectivity index (χ1v) is 5.01. The Hall–Kier alpha value is -0.600. The first kappa shape index (κ1) is 11.5. The van der Waals surface area contributed by atoms with Crippen molar-refractivity contribution in [2.45, 2.75) is 12.8 Å².